The van der Waals surface area contributed by atoms with Crippen molar-refractivity contribution >= 4 is 17.7 Å². The second kappa shape index (κ2) is 7.94. The highest BCUT2D eigenvalue weighted by molar-refractivity contribution is 7.98. The minimum Gasteiger partial charge on any atom is -0.373 e. The summed E-state index contributed by atoms with van der Waals surface area (Å²) in [6, 6.07) is 3.90. The molecule has 1 saturated heterocycles. The van der Waals surface area contributed by atoms with Crippen LogP contribution >= 0.6 is 11.8 Å². The van der Waals surface area contributed by atoms with Gasteiger partial charge in [0.15, 0.2) is 0 Å². The van der Waals surface area contributed by atoms with Crippen LogP contribution in [-0.4, -0.2) is 59.9 Å². The highest BCUT2D eigenvalue weighted by atomic mass is 32.2. The minimum atomic E-state index is -0.0568. The first-order valence-corrected chi connectivity index (χ1v) is 8.90. The number of nitrogens with one attached hydrogen (secondary N) is 1. The van der Waals surface area contributed by atoms with Crippen LogP contribution < -0.4 is 5.32 Å². The summed E-state index contributed by atoms with van der Waals surface area (Å²) in [6.45, 7) is 8.77. The Kier molecular flexibility index (Phi) is 6.23. The number of carbonyl (C=O) groups is 1. The molecule has 0 radical (unpaired) electrons. The number of pyridine rings is 1. The summed E-state index contributed by atoms with van der Waals surface area (Å²) in [5.41, 5.74) is 0.644. The fourth-order valence-electron chi connectivity index (χ4n) is 2.77. The summed E-state index contributed by atoms with van der Waals surface area (Å²) in [4.78, 5) is 18.9. The third kappa shape index (κ3) is 4.44. The standard InChI is InChI=1S/C16H25N3O2S/c1-11(19-9-12(2)21-13(3)10-19)8-18-15(20)14-6-5-7-17-16(14)22-4/h5-7,11-13H,8-10H2,1-4H3,(H,18,20)/t11-,12-,13-/m0/s1. The van der Waals surface area contributed by atoms with Gasteiger partial charge in [0.2, 0.25) is 0 Å². The summed E-state index contributed by atoms with van der Waals surface area (Å²) < 4.78 is 5.75. The number of rotatable bonds is 5. The first-order chi connectivity index (χ1) is 10.5. The monoisotopic (exact) mass is 323 g/mol. The molecule has 0 bridgehead atoms. The fraction of sp³-hybridized carbons (Fsp3) is 0.625. The molecule has 1 aromatic heterocycles. The zero-order chi connectivity index (χ0) is 16.1. The van der Waals surface area contributed by atoms with Gasteiger partial charge in [-0.05, 0) is 39.2 Å². The van der Waals surface area contributed by atoms with Crippen molar-refractivity contribution in [2.45, 2.75) is 44.0 Å². The topological polar surface area (TPSA) is 54.5 Å². The lowest BCUT2D eigenvalue weighted by molar-refractivity contribution is -0.0778. The number of nitrogens with zero attached hydrogens (tertiary/aromatic N) is 2. The molecule has 0 aromatic carbocycles. The Morgan fingerprint density at radius 2 is 2.18 bits per heavy atom. The second-order valence-electron chi connectivity index (χ2n) is 5.83. The van der Waals surface area contributed by atoms with Crippen molar-refractivity contribution in [2.75, 3.05) is 25.9 Å². The van der Waals surface area contributed by atoms with Gasteiger partial charge >= 0.3 is 0 Å². The average molecular weight is 323 g/mol. The lowest BCUT2D eigenvalue weighted by Crippen LogP contribution is -2.52. The molecule has 2 rings (SSSR count). The van der Waals surface area contributed by atoms with Gasteiger partial charge < -0.3 is 10.1 Å². The van der Waals surface area contributed by atoms with E-state index in [4.69, 9.17) is 4.74 Å². The largest absolute Gasteiger partial charge is 0.373 e. The summed E-state index contributed by atoms with van der Waals surface area (Å²) in [7, 11) is 0. The van der Waals surface area contributed by atoms with Crippen LogP contribution in [0.5, 0.6) is 0 Å². The molecule has 1 amide bonds. The van der Waals surface area contributed by atoms with E-state index in [-0.39, 0.29) is 24.2 Å². The van der Waals surface area contributed by atoms with E-state index in [1.807, 2.05) is 12.3 Å². The SMILES string of the molecule is CSc1ncccc1C(=O)NC[C@H](C)N1C[C@H](C)O[C@@H](C)C1. The molecule has 0 saturated carbocycles. The van der Waals surface area contributed by atoms with Gasteiger partial charge in [0.25, 0.3) is 5.91 Å². The molecule has 6 heteroatoms. The van der Waals surface area contributed by atoms with E-state index in [9.17, 15) is 4.79 Å². The number of amides is 1. The Bertz CT molecular complexity index is 502. The molecule has 122 valence electrons. The third-order valence-corrected chi connectivity index (χ3v) is 4.55. The molecule has 0 spiro atoms. The van der Waals surface area contributed by atoms with E-state index in [0.717, 1.165) is 18.1 Å². The second-order valence-corrected chi connectivity index (χ2v) is 6.63. The Labute approximate surface area is 136 Å². The van der Waals surface area contributed by atoms with Crippen molar-refractivity contribution in [2.24, 2.45) is 0 Å². The average Bonchev–Trinajstić information content (AvgIpc) is 2.51. The maximum absolute atomic E-state index is 12.3. The van der Waals surface area contributed by atoms with Gasteiger partial charge in [-0.2, -0.15) is 0 Å². The number of hydrogen-bond donors (Lipinski definition) is 1. The molecule has 1 aliphatic heterocycles. The molecule has 22 heavy (non-hydrogen) atoms. The van der Waals surface area contributed by atoms with Crippen LogP contribution in [0.1, 0.15) is 31.1 Å². The highest BCUT2D eigenvalue weighted by Crippen LogP contribution is 2.17. The summed E-state index contributed by atoms with van der Waals surface area (Å²) in [6.07, 6.45) is 4.12. The Hall–Kier alpha value is -1.11. The third-order valence-electron chi connectivity index (χ3n) is 3.84. The van der Waals surface area contributed by atoms with Crippen molar-refractivity contribution in [3.63, 3.8) is 0 Å². The molecule has 1 N–H and O–H groups in total. The van der Waals surface area contributed by atoms with E-state index in [1.54, 1.807) is 12.3 Å². The van der Waals surface area contributed by atoms with Crippen molar-refractivity contribution in [3.05, 3.63) is 23.9 Å². The molecule has 0 aliphatic carbocycles. The van der Waals surface area contributed by atoms with Crippen LogP contribution in [0.25, 0.3) is 0 Å². The van der Waals surface area contributed by atoms with Crippen LogP contribution in [0.2, 0.25) is 0 Å². The molecular weight excluding hydrogens is 298 g/mol. The molecule has 2 heterocycles. The Morgan fingerprint density at radius 1 is 1.50 bits per heavy atom. The number of hydrogen-bond acceptors (Lipinski definition) is 5. The molecule has 1 aromatic rings. The van der Waals surface area contributed by atoms with Gasteiger partial charge in [0.05, 0.1) is 17.8 Å². The van der Waals surface area contributed by atoms with Gasteiger partial charge in [-0.25, -0.2) is 4.98 Å². The summed E-state index contributed by atoms with van der Waals surface area (Å²) in [5, 5.41) is 3.79. The number of morpholine rings is 1. The smallest absolute Gasteiger partial charge is 0.254 e. The van der Waals surface area contributed by atoms with E-state index in [1.165, 1.54) is 11.8 Å². The minimum absolute atomic E-state index is 0.0568. The van der Waals surface area contributed by atoms with E-state index in [2.05, 4.69) is 36.0 Å². The summed E-state index contributed by atoms with van der Waals surface area (Å²) >= 11 is 1.49. The first-order valence-electron chi connectivity index (χ1n) is 7.68. The van der Waals surface area contributed by atoms with Crippen molar-refractivity contribution in [1.29, 1.82) is 0 Å². The quantitative estimate of drug-likeness (QED) is 0.840. The van der Waals surface area contributed by atoms with Crippen LogP contribution in [0.4, 0.5) is 0 Å². The molecule has 5 nitrogen and oxygen atoms in total. The molecule has 1 fully saturated rings. The van der Waals surface area contributed by atoms with Crippen LogP contribution in [0.3, 0.4) is 0 Å². The normalized spacial score (nSPS) is 24.0. The van der Waals surface area contributed by atoms with Gasteiger partial charge in [-0.3, -0.25) is 9.69 Å². The zero-order valence-corrected chi connectivity index (χ0v) is 14.5. The van der Waals surface area contributed by atoms with E-state index >= 15 is 0 Å². The highest BCUT2D eigenvalue weighted by Gasteiger charge is 2.26. The Balaban J connectivity index is 1.90. The van der Waals surface area contributed by atoms with E-state index < -0.39 is 0 Å². The van der Waals surface area contributed by atoms with Crippen LogP contribution in [0.15, 0.2) is 23.4 Å². The van der Waals surface area contributed by atoms with Gasteiger partial charge in [0.1, 0.15) is 5.03 Å². The molecule has 3 atom stereocenters. The molecule has 0 unspecified atom stereocenters. The fourth-order valence-corrected chi connectivity index (χ4v) is 3.32. The lowest BCUT2D eigenvalue weighted by Gasteiger charge is -2.39. The maximum atomic E-state index is 12.3. The first kappa shape index (κ1) is 17.2. The predicted molar refractivity (Wildman–Crippen MR) is 89.4 cm³/mol. The van der Waals surface area contributed by atoms with Crippen molar-refractivity contribution < 1.29 is 9.53 Å². The van der Waals surface area contributed by atoms with Gasteiger partial charge in [-0.1, -0.05) is 0 Å². The predicted octanol–water partition coefficient (Wildman–Crippen LogP) is 2.03. The maximum Gasteiger partial charge on any atom is 0.254 e. The lowest BCUT2D eigenvalue weighted by atomic mass is 10.1. The van der Waals surface area contributed by atoms with E-state index in [0.29, 0.717) is 12.1 Å². The number of carbonyl (C=O) groups excluding carboxylic acids is 1. The van der Waals surface area contributed by atoms with Crippen molar-refractivity contribution in [3.8, 4) is 0 Å². The number of thioether (sulfide) groups is 1. The summed E-state index contributed by atoms with van der Waals surface area (Å²) in [5.74, 6) is -0.0568. The van der Waals surface area contributed by atoms with Gasteiger partial charge in [-0.15, -0.1) is 11.8 Å². The van der Waals surface area contributed by atoms with Crippen LogP contribution in [0, 0.1) is 0 Å². The van der Waals surface area contributed by atoms with Gasteiger partial charge in [0, 0.05) is 31.9 Å². The Morgan fingerprint density at radius 3 is 2.82 bits per heavy atom. The van der Waals surface area contributed by atoms with Crippen LogP contribution in [-0.2, 0) is 4.74 Å². The zero-order valence-electron chi connectivity index (χ0n) is 13.7. The molecular formula is C16H25N3O2S. The van der Waals surface area contributed by atoms with Crippen molar-refractivity contribution in [1.82, 2.24) is 15.2 Å². The number of ether oxygens (including phenoxy) is 1. The molecule has 1 aliphatic rings. The number of aromatic nitrogens is 1.